The fraction of sp³-hybridized carbons (Fsp3) is 0.538. The third kappa shape index (κ3) is 4.02. The van der Waals surface area contributed by atoms with E-state index in [0.29, 0.717) is 12.1 Å². The van der Waals surface area contributed by atoms with Crippen LogP contribution in [0.25, 0.3) is 0 Å². The lowest BCUT2D eigenvalue weighted by Gasteiger charge is -2.30. The van der Waals surface area contributed by atoms with Gasteiger partial charge in [0, 0.05) is 36.2 Å². The van der Waals surface area contributed by atoms with Crippen LogP contribution in [0.4, 0.5) is 4.39 Å². The van der Waals surface area contributed by atoms with Gasteiger partial charge >= 0.3 is 0 Å². The predicted molar refractivity (Wildman–Crippen MR) is 73.0 cm³/mol. The summed E-state index contributed by atoms with van der Waals surface area (Å²) in [6.45, 7) is 3.95. The first-order valence-corrected chi connectivity index (χ1v) is 6.89. The number of hydrogen-bond acceptors (Lipinski definition) is 3. The van der Waals surface area contributed by atoms with Crippen molar-refractivity contribution >= 4 is 15.9 Å². The van der Waals surface area contributed by atoms with Crippen LogP contribution in [0.5, 0.6) is 0 Å². The Bertz CT molecular complexity index is 403. The molecule has 1 fully saturated rings. The minimum absolute atomic E-state index is 0.174. The Kier molecular flexibility index (Phi) is 5.12. The molecule has 1 aromatic carbocycles. The average molecular weight is 317 g/mol. The van der Waals surface area contributed by atoms with E-state index < -0.39 is 0 Å². The van der Waals surface area contributed by atoms with Crippen LogP contribution < -0.4 is 5.32 Å². The molecule has 1 aliphatic heterocycles. The lowest BCUT2D eigenvalue weighted by atomic mass is 10.2. The summed E-state index contributed by atoms with van der Waals surface area (Å²) in [7, 11) is 2.09. The summed E-state index contributed by atoms with van der Waals surface area (Å²) in [5.41, 5.74) is 0.675. The van der Waals surface area contributed by atoms with Crippen molar-refractivity contribution in [3.05, 3.63) is 34.1 Å². The van der Waals surface area contributed by atoms with Gasteiger partial charge in [-0.25, -0.2) is 4.39 Å². The number of nitrogens with one attached hydrogen (secondary N) is 1. The van der Waals surface area contributed by atoms with Crippen molar-refractivity contribution in [2.45, 2.75) is 12.6 Å². The smallest absolute Gasteiger partial charge is 0.127 e. The molecule has 0 bridgehead atoms. The van der Waals surface area contributed by atoms with Gasteiger partial charge in [-0.15, -0.1) is 0 Å². The van der Waals surface area contributed by atoms with Crippen molar-refractivity contribution in [2.24, 2.45) is 0 Å². The molecule has 0 aromatic heterocycles. The van der Waals surface area contributed by atoms with Crippen LogP contribution in [0, 0.1) is 5.82 Å². The summed E-state index contributed by atoms with van der Waals surface area (Å²) in [5.74, 6) is -0.174. The van der Waals surface area contributed by atoms with E-state index in [0.717, 1.165) is 30.7 Å². The van der Waals surface area contributed by atoms with Crippen LogP contribution >= 0.6 is 15.9 Å². The fourth-order valence-corrected chi connectivity index (χ4v) is 2.45. The lowest BCUT2D eigenvalue weighted by Crippen LogP contribution is -2.44. The molecule has 5 heteroatoms. The van der Waals surface area contributed by atoms with Gasteiger partial charge in [-0.1, -0.05) is 15.9 Å². The van der Waals surface area contributed by atoms with Crippen molar-refractivity contribution in [3.8, 4) is 0 Å². The van der Waals surface area contributed by atoms with Gasteiger partial charge in [0.25, 0.3) is 0 Å². The molecule has 1 heterocycles. The molecule has 1 atom stereocenters. The molecule has 1 saturated heterocycles. The number of likely N-dealkylation sites (N-methyl/N-ethyl adjacent to an activating group) is 1. The first-order valence-electron chi connectivity index (χ1n) is 6.10. The fourth-order valence-electron chi connectivity index (χ4n) is 2.04. The minimum Gasteiger partial charge on any atom is -0.374 e. The number of rotatable bonds is 4. The summed E-state index contributed by atoms with van der Waals surface area (Å²) >= 11 is 3.35. The van der Waals surface area contributed by atoms with E-state index in [2.05, 4.69) is 33.2 Å². The Labute approximate surface area is 115 Å². The first-order chi connectivity index (χ1) is 8.65. The third-order valence-corrected chi connectivity index (χ3v) is 3.53. The lowest BCUT2D eigenvalue weighted by molar-refractivity contribution is -0.0182. The van der Waals surface area contributed by atoms with Crippen LogP contribution in [-0.2, 0) is 11.3 Å². The number of hydrogen-bond donors (Lipinski definition) is 1. The summed E-state index contributed by atoms with van der Waals surface area (Å²) < 4.78 is 20.0. The predicted octanol–water partition coefficient (Wildman–Crippen LogP) is 2.01. The van der Waals surface area contributed by atoms with Crippen molar-refractivity contribution in [1.82, 2.24) is 10.2 Å². The molecule has 2 rings (SSSR count). The van der Waals surface area contributed by atoms with E-state index in [4.69, 9.17) is 4.74 Å². The molecule has 0 aliphatic carbocycles. The quantitative estimate of drug-likeness (QED) is 0.919. The van der Waals surface area contributed by atoms with Crippen LogP contribution in [0.1, 0.15) is 5.56 Å². The van der Waals surface area contributed by atoms with Gasteiger partial charge in [0.1, 0.15) is 5.82 Å². The zero-order valence-electron chi connectivity index (χ0n) is 10.5. The molecule has 0 saturated carbocycles. The van der Waals surface area contributed by atoms with Crippen LogP contribution in [0.3, 0.4) is 0 Å². The highest BCUT2D eigenvalue weighted by Gasteiger charge is 2.17. The Morgan fingerprint density at radius 2 is 2.39 bits per heavy atom. The third-order valence-electron chi connectivity index (χ3n) is 3.04. The van der Waals surface area contributed by atoms with E-state index in [1.807, 2.05) is 0 Å². The zero-order valence-corrected chi connectivity index (χ0v) is 12.0. The van der Waals surface area contributed by atoms with E-state index in [9.17, 15) is 4.39 Å². The molecule has 1 aliphatic rings. The number of halogens is 2. The van der Waals surface area contributed by atoms with Crippen LogP contribution in [0.2, 0.25) is 0 Å². The molecule has 0 radical (unpaired) electrons. The topological polar surface area (TPSA) is 24.5 Å². The molecule has 18 heavy (non-hydrogen) atoms. The first kappa shape index (κ1) is 13.9. The van der Waals surface area contributed by atoms with E-state index in [-0.39, 0.29) is 11.9 Å². The molecule has 1 unspecified atom stereocenters. The zero-order chi connectivity index (χ0) is 13.0. The van der Waals surface area contributed by atoms with Crippen molar-refractivity contribution < 1.29 is 9.13 Å². The van der Waals surface area contributed by atoms with E-state index >= 15 is 0 Å². The number of ether oxygens (including phenoxy) is 1. The van der Waals surface area contributed by atoms with Crippen molar-refractivity contribution in [2.75, 3.05) is 33.3 Å². The van der Waals surface area contributed by atoms with Gasteiger partial charge in [-0.05, 0) is 25.2 Å². The molecule has 0 spiro atoms. The maximum atomic E-state index is 13.5. The van der Waals surface area contributed by atoms with E-state index in [1.54, 1.807) is 12.1 Å². The van der Waals surface area contributed by atoms with Gasteiger partial charge in [0.05, 0.1) is 12.7 Å². The maximum absolute atomic E-state index is 13.5. The highest BCUT2D eigenvalue weighted by Crippen LogP contribution is 2.15. The molecule has 0 amide bonds. The molecule has 3 nitrogen and oxygen atoms in total. The average Bonchev–Trinajstić information content (AvgIpc) is 2.34. The van der Waals surface area contributed by atoms with Gasteiger partial charge in [0.2, 0.25) is 0 Å². The summed E-state index contributed by atoms with van der Waals surface area (Å²) in [6.07, 6.45) is 0.193. The Hall–Kier alpha value is -0.490. The molecule has 1 aromatic rings. The normalized spacial score (nSPS) is 21.2. The second kappa shape index (κ2) is 6.61. The number of morpholine rings is 1. The number of benzene rings is 1. The standard InChI is InChI=1S/C13H18BrFN2O/c1-17-4-5-18-12(9-17)8-16-7-10-6-11(14)2-3-13(10)15/h2-3,6,12,16H,4-5,7-9H2,1H3. The molecular weight excluding hydrogens is 299 g/mol. The highest BCUT2D eigenvalue weighted by atomic mass is 79.9. The monoisotopic (exact) mass is 316 g/mol. The van der Waals surface area contributed by atoms with Crippen molar-refractivity contribution in [3.63, 3.8) is 0 Å². The molecular formula is C13H18BrFN2O. The SMILES string of the molecule is CN1CCOC(CNCc2cc(Br)ccc2F)C1. The van der Waals surface area contributed by atoms with Crippen molar-refractivity contribution in [1.29, 1.82) is 0 Å². The van der Waals surface area contributed by atoms with Crippen LogP contribution in [-0.4, -0.2) is 44.3 Å². The van der Waals surface area contributed by atoms with Gasteiger partial charge < -0.3 is 15.0 Å². The maximum Gasteiger partial charge on any atom is 0.127 e. The summed E-state index contributed by atoms with van der Waals surface area (Å²) in [4.78, 5) is 2.25. The van der Waals surface area contributed by atoms with Gasteiger partial charge in [-0.2, -0.15) is 0 Å². The Morgan fingerprint density at radius 3 is 3.17 bits per heavy atom. The second-order valence-electron chi connectivity index (χ2n) is 4.62. The second-order valence-corrected chi connectivity index (χ2v) is 5.54. The van der Waals surface area contributed by atoms with Gasteiger partial charge in [-0.3, -0.25) is 0 Å². The summed E-state index contributed by atoms with van der Waals surface area (Å²) in [6, 6.07) is 4.99. The Balaban J connectivity index is 1.79. The van der Waals surface area contributed by atoms with Gasteiger partial charge in [0.15, 0.2) is 0 Å². The largest absolute Gasteiger partial charge is 0.374 e. The Morgan fingerprint density at radius 1 is 1.56 bits per heavy atom. The number of nitrogens with zero attached hydrogens (tertiary/aromatic N) is 1. The summed E-state index contributed by atoms with van der Waals surface area (Å²) in [5, 5.41) is 3.25. The highest BCUT2D eigenvalue weighted by molar-refractivity contribution is 9.10. The minimum atomic E-state index is -0.174. The molecule has 100 valence electrons. The van der Waals surface area contributed by atoms with E-state index in [1.165, 1.54) is 6.07 Å². The van der Waals surface area contributed by atoms with Crippen LogP contribution in [0.15, 0.2) is 22.7 Å². The molecule has 1 N–H and O–H groups in total.